The Labute approximate surface area is 92.7 Å². The van der Waals surface area contributed by atoms with Gasteiger partial charge in [-0.1, -0.05) is 6.58 Å². The van der Waals surface area contributed by atoms with E-state index in [2.05, 4.69) is 23.7 Å². The molecule has 0 heterocycles. The predicted octanol–water partition coefficient (Wildman–Crippen LogP) is 1.21. The molecule has 4 nitrogen and oxygen atoms in total. The highest BCUT2D eigenvalue weighted by molar-refractivity contribution is 5.86. The van der Waals surface area contributed by atoms with Crippen LogP contribution in [0.1, 0.15) is 13.3 Å². The van der Waals surface area contributed by atoms with Gasteiger partial charge in [-0.3, -0.25) is 4.79 Å². The Morgan fingerprint density at radius 3 is 2.43 bits per heavy atom. The minimum atomic E-state index is -0.0963. The van der Waals surface area contributed by atoms with Gasteiger partial charge in [0, 0.05) is 12.6 Å². The van der Waals surface area contributed by atoms with Gasteiger partial charge in [0.25, 0.3) is 0 Å². The van der Waals surface area contributed by atoms with Gasteiger partial charge in [-0.15, -0.1) is 12.4 Å². The van der Waals surface area contributed by atoms with E-state index >= 15 is 0 Å². The second kappa shape index (κ2) is 10.5. The topological polar surface area (TPSA) is 67.3 Å². The van der Waals surface area contributed by atoms with Gasteiger partial charge in [0.2, 0.25) is 5.91 Å². The zero-order chi connectivity index (χ0) is 9.56. The van der Waals surface area contributed by atoms with Crippen LogP contribution in [0.25, 0.3) is 0 Å². The quantitative estimate of drug-likeness (QED) is 0.689. The van der Waals surface area contributed by atoms with Crippen molar-refractivity contribution in [3.63, 3.8) is 0 Å². The molecule has 5 heteroatoms. The van der Waals surface area contributed by atoms with E-state index in [1.54, 1.807) is 0 Å². The third-order valence-corrected chi connectivity index (χ3v) is 1.93. The van der Waals surface area contributed by atoms with Gasteiger partial charge in [0.1, 0.15) is 0 Å². The summed E-state index contributed by atoms with van der Waals surface area (Å²) in [7, 11) is 4.06. The monoisotopic (exact) mass is 223 g/mol. The highest BCUT2D eigenvalue weighted by Crippen LogP contribution is 1.95. The number of carbonyl (C=O) groups excluding carboxylic acids is 1. The van der Waals surface area contributed by atoms with Crippen LogP contribution in [0.2, 0.25) is 0 Å². The summed E-state index contributed by atoms with van der Waals surface area (Å²) in [5.74, 6) is -0.0963. The van der Waals surface area contributed by atoms with Gasteiger partial charge in [0.15, 0.2) is 0 Å². The molecule has 0 aliphatic rings. The Balaban J connectivity index is -0.000000605. The molecule has 0 aliphatic heterocycles. The van der Waals surface area contributed by atoms with Gasteiger partial charge in [-0.2, -0.15) is 0 Å². The average molecular weight is 224 g/mol. The van der Waals surface area contributed by atoms with E-state index in [0.717, 1.165) is 6.42 Å². The van der Waals surface area contributed by atoms with Crippen LogP contribution in [0.5, 0.6) is 0 Å². The van der Waals surface area contributed by atoms with Crippen molar-refractivity contribution < 1.29 is 4.79 Å². The number of hydrogen-bond donors (Lipinski definition) is 2. The molecule has 0 saturated carbocycles. The second-order valence-corrected chi connectivity index (χ2v) is 3.10. The first-order valence-corrected chi connectivity index (χ1v) is 4.14. The van der Waals surface area contributed by atoms with Crippen molar-refractivity contribution in [2.24, 2.45) is 0 Å². The van der Waals surface area contributed by atoms with Crippen molar-refractivity contribution in [1.29, 1.82) is 0 Å². The predicted molar refractivity (Wildman–Crippen MR) is 63.2 cm³/mol. The molecule has 0 aliphatic carbocycles. The zero-order valence-electron chi connectivity index (χ0n) is 9.25. The normalized spacial score (nSPS) is 10.9. The molecular formula is C9H22ClN3O. The fraction of sp³-hybridized carbons (Fsp3) is 0.667. The fourth-order valence-corrected chi connectivity index (χ4v) is 0.735. The van der Waals surface area contributed by atoms with Crippen molar-refractivity contribution in [2.75, 3.05) is 20.6 Å². The van der Waals surface area contributed by atoms with Crippen molar-refractivity contribution in [2.45, 2.75) is 19.4 Å². The number of amides is 1. The summed E-state index contributed by atoms with van der Waals surface area (Å²) in [6.07, 6.45) is 2.26. The smallest absolute Gasteiger partial charge is 0.243 e. The molecule has 0 spiro atoms. The number of hydrogen-bond acceptors (Lipinski definition) is 3. The van der Waals surface area contributed by atoms with E-state index < -0.39 is 0 Å². The van der Waals surface area contributed by atoms with E-state index in [1.165, 1.54) is 6.08 Å². The van der Waals surface area contributed by atoms with E-state index in [-0.39, 0.29) is 24.5 Å². The lowest BCUT2D eigenvalue weighted by Crippen LogP contribution is -2.30. The molecule has 0 radical (unpaired) electrons. The lowest BCUT2D eigenvalue weighted by Gasteiger charge is -2.19. The number of halogens is 1. The molecule has 0 fully saturated rings. The molecule has 0 aromatic carbocycles. The molecule has 0 aromatic heterocycles. The molecule has 0 rings (SSSR count). The number of carbonyl (C=O) groups is 1. The summed E-state index contributed by atoms with van der Waals surface area (Å²) in [5.41, 5.74) is 0. The second-order valence-electron chi connectivity index (χ2n) is 3.10. The largest absolute Gasteiger partial charge is 0.353 e. The van der Waals surface area contributed by atoms with Gasteiger partial charge in [-0.05, 0) is 33.5 Å². The molecule has 0 aromatic rings. The van der Waals surface area contributed by atoms with E-state index in [1.807, 2.05) is 14.1 Å². The van der Waals surface area contributed by atoms with Crippen LogP contribution in [-0.2, 0) is 4.79 Å². The Morgan fingerprint density at radius 1 is 1.57 bits per heavy atom. The first kappa shape index (κ1) is 19.1. The van der Waals surface area contributed by atoms with Crippen LogP contribution < -0.4 is 11.5 Å². The Morgan fingerprint density at radius 2 is 2.07 bits per heavy atom. The Kier molecular flexibility index (Phi) is 14.3. The third kappa shape index (κ3) is 9.51. The summed E-state index contributed by atoms with van der Waals surface area (Å²) >= 11 is 0. The minimum absolute atomic E-state index is 0. The SMILES string of the molecule is C=CC(=O)NCCC(C)N(C)C.Cl.N. The van der Waals surface area contributed by atoms with Crippen LogP contribution in [0.15, 0.2) is 12.7 Å². The van der Waals surface area contributed by atoms with Crippen LogP contribution in [0, 0.1) is 0 Å². The maximum atomic E-state index is 10.7. The molecule has 14 heavy (non-hydrogen) atoms. The van der Waals surface area contributed by atoms with Crippen LogP contribution in [-0.4, -0.2) is 37.5 Å². The van der Waals surface area contributed by atoms with Crippen molar-refractivity contribution in [3.8, 4) is 0 Å². The highest BCUT2D eigenvalue weighted by atomic mass is 35.5. The first-order chi connectivity index (χ1) is 5.57. The number of nitrogens with one attached hydrogen (secondary N) is 1. The zero-order valence-corrected chi connectivity index (χ0v) is 10.1. The van der Waals surface area contributed by atoms with Crippen molar-refractivity contribution in [1.82, 2.24) is 16.4 Å². The number of rotatable bonds is 5. The van der Waals surface area contributed by atoms with Gasteiger partial charge >= 0.3 is 0 Å². The molecular weight excluding hydrogens is 202 g/mol. The van der Waals surface area contributed by atoms with Gasteiger partial charge < -0.3 is 16.4 Å². The minimum Gasteiger partial charge on any atom is -0.353 e. The van der Waals surface area contributed by atoms with Crippen LogP contribution >= 0.6 is 12.4 Å². The van der Waals surface area contributed by atoms with Crippen molar-refractivity contribution in [3.05, 3.63) is 12.7 Å². The van der Waals surface area contributed by atoms with Gasteiger partial charge in [0.05, 0.1) is 0 Å². The number of nitrogens with zero attached hydrogens (tertiary/aromatic N) is 1. The molecule has 86 valence electrons. The summed E-state index contributed by atoms with van der Waals surface area (Å²) in [6.45, 7) is 6.21. The summed E-state index contributed by atoms with van der Waals surface area (Å²) < 4.78 is 0. The molecule has 1 unspecified atom stereocenters. The van der Waals surface area contributed by atoms with E-state index in [0.29, 0.717) is 12.6 Å². The van der Waals surface area contributed by atoms with Crippen LogP contribution in [0.4, 0.5) is 0 Å². The molecule has 1 atom stereocenters. The highest BCUT2D eigenvalue weighted by Gasteiger charge is 2.03. The lowest BCUT2D eigenvalue weighted by molar-refractivity contribution is -0.116. The molecule has 4 N–H and O–H groups in total. The standard InChI is InChI=1S/C9H18N2O.ClH.H3N/c1-5-9(12)10-7-6-8(2)11(3)4;;/h5,8H,1,6-7H2,2-4H3,(H,10,12);1H;1H3. The maximum Gasteiger partial charge on any atom is 0.243 e. The summed E-state index contributed by atoms with van der Waals surface area (Å²) in [5, 5.41) is 2.73. The maximum absolute atomic E-state index is 10.7. The first-order valence-electron chi connectivity index (χ1n) is 4.14. The fourth-order valence-electron chi connectivity index (χ4n) is 0.735. The van der Waals surface area contributed by atoms with Crippen LogP contribution in [0.3, 0.4) is 0 Å². The molecule has 0 saturated heterocycles. The lowest BCUT2D eigenvalue weighted by atomic mass is 10.2. The van der Waals surface area contributed by atoms with Crippen molar-refractivity contribution >= 4 is 18.3 Å². The Bertz CT molecular complexity index is 162. The van der Waals surface area contributed by atoms with E-state index in [9.17, 15) is 4.79 Å². The molecule has 0 bridgehead atoms. The van der Waals surface area contributed by atoms with Gasteiger partial charge in [-0.25, -0.2) is 0 Å². The van der Waals surface area contributed by atoms with E-state index in [4.69, 9.17) is 0 Å². The third-order valence-electron chi connectivity index (χ3n) is 1.93. The Hall–Kier alpha value is -0.580. The molecule has 1 amide bonds. The average Bonchev–Trinajstić information content (AvgIpc) is 2.03. The summed E-state index contributed by atoms with van der Waals surface area (Å²) in [6, 6.07) is 0.495. The summed E-state index contributed by atoms with van der Waals surface area (Å²) in [4.78, 5) is 12.8.